The summed E-state index contributed by atoms with van der Waals surface area (Å²) in [6.07, 6.45) is 1.50. The minimum atomic E-state index is -0.998. The summed E-state index contributed by atoms with van der Waals surface area (Å²) in [5.41, 5.74) is 6.20. The summed E-state index contributed by atoms with van der Waals surface area (Å²) < 4.78 is 1.87. The Morgan fingerprint density at radius 1 is 1.55 bits per heavy atom. The summed E-state index contributed by atoms with van der Waals surface area (Å²) in [5.74, 6) is -0.453. The zero-order valence-electron chi connectivity index (χ0n) is 12.2. The van der Waals surface area contributed by atoms with E-state index in [1.807, 2.05) is 18.5 Å². The van der Waals surface area contributed by atoms with Gasteiger partial charge in [0.15, 0.2) is 0 Å². The average Bonchev–Trinajstić information content (AvgIpc) is 2.69. The minimum absolute atomic E-state index is 0.0216. The van der Waals surface area contributed by atoms with Crippen LogP contribution < -0.4 is 5.73 Å². The number of rotatable bonds is 5. The topological polar surface area (TPSA) is 97.3 Å². The molecule has 112 valence electrons. The fourth-order valence-corrected chi connectivity index (χ4v) is 2.89. The van der Waals surface area contributed by atoms with Gasteiger partial charge < -0.3 is 10.8 Å². The monoisotopic (exact) mass is 281 g/mol. The molecule has 0 bridgehead atoms. The second-order valence-electron chi connectivity index (χ2n) is 5.62. The van der Waals surface area contributed by atoms with Gasteiger partial charge in [-0.15, -0.1) is 5.10 Å². The average molecular weight is 281 g/mol. The summed E-state index contributed by atoms with van der Waals surface area (Å²) in [5, 5.41) is 18.6. The fraction of sp³-hybridized carbons (Fsp3) is 0.769. The maximum absolute atomic E-state index is 11.1. The summed E-state index contributed by atoms with van der Waals surface area (Å²) in [7, 11) is 0. The number of carbonyl (C=O) groups is 1. The van der Waals surface area contributed by atoms with E-state index < -0.39 is 11.5 Å². The molecule has 1 saturated heterocycles. The van der Waals surface area contributed by atoms with Gasteiger partial charge in [-0.25, -0.2) is 4.68 Å². The van der Waals surface area contributed by atoms with Crippen molar-refractivity contribution < 1.29 is 9.90 Å². The van der Waals surface area contributed by atoms with Gasteiger partial charge in [0.25, 0.3) is 0 Å². The molecule has 0 saturated carbocycles. The summed E-state index contributed by atoms with van der Waals surface area (Å²) in [6, 6.07) is 0. The van der Waals surface area contributed by atoms with Crippen molar-refractivity contribution in [1.29, 1.82) is 0 Å². The van der Waals surface area contributed by atoms with E-state index >= 15 is 0 Å². The number of hydrogen-bond donors (Lipinski definition) is 2. The summed E-state index contributed by atoms with van der Waals surface area (Å²) in [6.45, 7) is 6.79. The molecule has 0 aromatic carbocycles. The molecular formula is C13H23N5O2. The SMILES string of the molecule is CCn1nnc(C)c1CN1CCCC(O)(CC(N)=O)C1. The highest BCUT2D eigenvalue weighted by Gasteiger charge is 2.35. The number of primary amides is 1. The van der Waals surface area contributed by atoms with Gasteiger partial charge in [0.05, 0.1) is 23.4 Å². The molecule has 7 nitrogen and oxygen atoms in total. The number of likely N-dealkylation sites (tertiary alicyclic amines) is 1. The Labute approximate surface area is 118 Å². The van der Waals surface area contributed by atoms with Crippen LogP contribution in [0.2, 0.25) is 0 Å². The first-order valence-corrected chi connectivity index (χ1v) is 7.05. The highest BCUT2D eigenvalue weighted by atomic mass is 16.3. The molecular weight excluding hydrogens is 258 g/mol. The van der Waals surface area contributed by atoms with Crippen LogP contribution >= 0.6 is 0 Å². The quantitative estimate of drug-likeness (QED) is 0.779. The molecule has 2 rings (SSSR count). The van der Waals surface area contributed by atoms with Crippen LogP contribution in [0, 0.1) is 6.92 Å². The molecule has 7 heteroatoms. The number of piperidine rings is 1. The van der Waals surface area contributed by atoms with E-state index in [-0.39, 0.29) is 6.42 Å². The third-order valence-electron chi connectivity index (χ3n) is 3.84. The molecule has 0 spiro atoms. The third-order valence-corrected chi connectivity index (χ3v) is 3.84. The van der Waals surface area contributed by atoms with Gasteiger partial charge in [-0.05, 0) is 33.2 Å². The molecule has 3 N–H and O–H groups in total. The van der Waals surface area contributed by atoms with Gasteiger partial charge in [-0.3, -0.25) is 9.69 Å². The maximum atomic E-state index is 11.1. The molecule has 1 fully saturated rings. The number of amides is 1. The molecule has 1 aliphatic rings. The van der Waals surface area contributed by atoms with E-state index in [1.165, 1.54) is 0 Å². The smallest absolute Gasteiger partial charge is 0.220 e. The van der Waals surface area contributed by atoms with Gasteiger partial charge in [0, 0.05) is 19.6 Å². The Morgan fingerprint density at radius 2 is 2.30 bits per heavy atom. The van der Waals surface area contributed by atoms with Crippen LogP contribution in [0.4, 0.5) is 0 Å². The molecule has 1 unspecified atom stereocenters. The zero-order chi connectivity index (χ0) is 14.8. The van der Waals surface area contributed by atoms with Crippen molar-refractivity contribution in [1.82, 2.24) is 19.9 Å². The molecule has 20 heavy (non-hydrogen) atoms. The molecule has 1 aliphatic heterocycles. The van der Waals surface area contributed by atoms with Crippen molar-refractivity contribution >= 4 is 5.91 Å². The molecule has 0 aliphatic carbocycles. The number of aromatic nitrogens is 3. The van der Waals surface area contributed by atoms with Crippen molar-refractivity contribution in [2.45, 2.75) is 51.8 Å². The second-order valence-corrected chi connectivity index (χ2v) is 5.62. The standard InChI is InChI=1S/C13H23N5O2/c1-3-18-11(10(2)15-16-18)8-17-6-4-5-13(20,9-17)7-12(14)19/h20H,3-9H2,1-2H3,(H2,14,19). The molecule has 1 aromatic heterocycles. The third kappa shape index (κ3) is 3.34. The number of aliphatic hydroxyl groups is 1. The Hall–Kier alpha value is -1.47. The largest absolute Gasteiger partial charge is 0.388 e. The lowest BCUT2D eigenvalue weighted by Gasteiger charge is -2.38. The summed E-state index contributed by atoms with van der Waals surface area (Å²) >= 11 is 0. The number of hydrogen-bond acceptors (Lipinski definition) is 5. The minimum Gasteiger partial charge on any atom is -0.388 e. The van der Waals surface area contributed by atoms with Crippen LogP contribution in [0.1, 0.15) is 37.6 Å². The highest BCUT2D eigenvalue weighted by Crippen LogP contribution is 2.25. The van der Waals surface area contributed by atoms with Gasteiger partial charge in [0.2, 0.25) is 5.91 Å². The predicted octanol–water partition coefficient (Wildman–Crippen LogP) is -0.191. The van der Waals surface area contributed by atoms with Crippen LogP contribution in [-0.4, -0.2) is 49.6 Å². The lowest BCUT2D eigenvalue weighted by Crippen LogP contribution is -2.49. The Bertz CT molecular complexity index is 487. The van der Waals surface area contributed by atoms with E-state index in [0.29, 0.717) is 19.5 Å². The first-order chi connectivity index (χ1) is 9.43. The van der Waals surface area contributed by atoms with E-state index in [2.05, 4.69) is 15.2 Å². The normalized spacial score (nSPS) is 23.9. The predicted molar refractivity (Wildman–Crippen MR) is 73.7 cm³/mol. The van der Waals surface area contributed by atoms with E-state index in [0.717, 1.165) is 30.9 Å². The van der Waals surface area contributed by atoms with Crippen LogP contribution in [-0.2, 0) is 17.9 Å². The highest BCUT2D eigenvalue weighted by molar-refractivity contribution is 5.75. The van der Waals surface area contributed by atoms with Crippen LogP contribution in [0.15, 0.2) is 0 Å². The van der Waals surface area contributed by atoms with Crippen molar-refractivity contribution in [2.75, 3.05) is 13.1 Å². The van der Waals surface area contributed by atoms with Gasteiger partial charge >= 0.3 is 0 Å². The Balaban J connectivity index is 2.06. The van der Waals surface area contributed by atoms with Crippen LogP contribution in [0.25, 0.3) is 0 Å². The fourth-order valence-electron chi connectivity index (χ4n) is 2.89. The number of β-amino-alcohol motifs (C(OH)–C–C–N with tert-alkyl or cyclic N) is 1. The number of aryl methyl sites for hydroxylation is 2. The van der Waals surface area contributed by atoms with E-state index in [1.54, 1.807) is 0 Å². The van der Waals surface area contributed by atoms with Crippen molar-refractivity contribution in [3.05, 3.63) is 11.4 Å². The lowest BCUT2D eigenvalue weighted by atomic mass is 9.89. The van der Waals surface area contributed by atoms with E-state index in [9.17, 15) is 9.90 Å². The molecule has 1 atom stereocenters. The number of nitrogens with zero attached hydrogens (tertiary/aromatic N) is 4. The molecule has 2 heterocycles. The van der Waals surface area contributed by atoms with Gasteiger partial charge in [-0.1, -0.05) is 5.21 Å². The van der Waals surface area contributed by atoms with Crippen molar-refractivity contribution in [2.24, 2.45) is 5.73 Å². The van der Waals surface area contributed by atoms with E-state index in [4.69, 9.17) is 5.73 Å². The molecule has 1 aromatic rings. The van der Waals surface area contributed by atoms with Crippen molar-refractivity contribution in [3.63, 3.8) is 0 Å². The first-order valence-electron chi connectivity index (χ1n) is 7.05. The first kappa shape index (κ1) is 14.9. The molecule has 1 amide bonds. The van der Waals surface area contributed by atoms with Crippen LogP contribution in [0.3, 0.4) is 0 Å². The summed E-state index contributed by atoms with van der Waals surface area (Å²) in [4.78, 5) is 13.2. The maximum Gasteiger partial charge on any atom is 0.220 e. The van der Waals surface area contributed by atoms with Gasteiger partial charge in [0.1, 0.15) is 0 Å². The Kier molecular flexibility index (Phi) is 4.39. The lowest BCUT2D eigenvalue weighted by molar-refractivity contribution is -0.125. The van der Waals surface area contributed by atoms with Gasteiger partial charge in [-0.2, -0.15) is 0 Å². The zero-order valence-corrected chi connectivity index (χ0v) is 12.2. The van der Waals surface area contributed by atoms with Crippen LogP contribution in [0.5, 0.6) is 0 Å². The second kappa shape index (κ2) is 5.88. The number of carbonyl (C=O) groups excluding carboxylic acids is 1. The van der Waals surface area contributed by atoms with Crippen molar-refractivity contribution in [3.8, 4) is 0 Å². The molecule has 0 radical (unpaired) electrons. The number of nitrogens with two attached hydrogens (primary N) is 1. The Morgan fingerprint density at radius 3 is 2.95 bits per heavy atom.